The SMILES string of the molecule is COc1ccc(Cl)c(C2CCCC2=O)c1. The minimum atomic E-state index is -0.0207. The van der Waals surface area contributed by atoms with Gasteiger partial charge in [-0.25, -0.2) is 0 Å². The molecule has 0 heterocycles. The van der Waals surface area contributed by atoms with E-state index in [1.165, 1.54) is 0 Å². The highest BCUT2D eigenvalue weighted by atomic mass is 35.5. The first-order chi connectivity index (χ1) is 7.22. The molecule has 15 heavy (non-hydrogen) atoms. The fraction of sp³-hybridized carbons (Fsp3) is 0.417. The van der Waals surface area contributed by atoms with Gasteiger partial charge >= 0.3 is 0 Å². The number of hydrogen-bond acceptors (Lipinski definition) is 2. The van der Waals surface area contributed by atoms with Crippen molar-refractivity contribution in [1.29, 1.82) is 0 Å². The average Bonchev–Trinajstić information content (AvgIpc) is 2.65. The molecule has 0 aliphatic heterocycles. The quantitative estimate of drug-likeness (QED) is 0.771. The topological polar surface area (TPSA) is 26.3 Å². The minimum Gasteiger partial charge on any atom is -0.497 e. The number of ketones is 1. The number of halogens is 1. The molecule has 1 atom stereocenters. The lowest BCUT2D eigenvalue weighted by atomic mass is 9.96. The van der Waals surface area contributed by atoms with Crippen LogP contribution in [0, 0.1) is 0 Å². The standard InChI is InChI=1S/C12H13ClO2/c1-15-8-5-6-11(13)10(7-8)9-3-2-4-12(9)14/h5-7,9H,2-4H2,1H3. The highest BCUT2D eigenvalue weighted by molar-refractivity contribution is 6.31. The van der Waals surface area contributed by atoms with Crippen LogP contribution in [0.25, 0.3) is 0 Å². The van der Waals surface area contributed by atoms with Gasteiger partial charge in [-0.05, 0) is 36.6 Å². The van der Waals surface area contributed by atoms with Crippen molar-refractivity contribution in [3.8, 4) is 5.75 Å². The van der Waals surface area contributed by atoms with Gasteiger partial charge in [0.25, 0.3) is 0 Å². The molecule has 0 amide bonds. The first kappa shape index (κ1) is 10.5. The maximum absolute atomic E-state index is 11.6. The zero-order chi connectivity index (χ0) is 10.8. The van der Waals surface area contributed by atoms with Crippen molar-refractivity contribution >= 4 is 17.4 Å². The summed E-state index contributed by atoms with van der Waals surface area (Å²) in [4.78, 5) is 11.6. The number of methoxy groups -OCH3 is 1. The summed E-state index contributed by atoms with van der Waals surface area (Å²) in [7, 11) is 1.61. The Bertz CT molecular complexity index is 387. The van der Waals surface area contributed by atoms with Crippen molar-refractivity contribution in [3.63, 3.8) is 0 Å². The molecule has 0 spiro atoms. The summed E-state index contributed by atoms with van der Waals surface area (Å²) in [5, 5.41) is 0.663. The van der Waals surface area contributed by atoms with Crippen molar-refractivity contribution in [2.75, 3.05) is 7.11 Å². The van der Waals surface area contributed by atoms with Crippen LogP contribution in [-0.2, 0) is 4.79 Å². The summed E-state index contributed by atoms with van der Waals surface area (Å²) in [6.07, 6.45) is 2.56. The molecule has 1 saturated carbocycles. The molecular weight excluding hydrogens is 212 g/mol. The van der Waals surface area contributed by atoms with Gasteiger partial charge in [0.05, 0.1) is 7.11 Å². The molecular formula is C12H13ClO2. The van der Waals surface area contributed by atoms with E-state index in [0.29, 0.717) is 17.2 Å². The van der Waals surface area contributed by atoms with Crippen molar-refractivity contribution in [3.05, 3.63) is 28.8 Å². The van der Waals surface area contributed by atoms with E-state index in [1.54, 1.807) is 13.2 Å². The van der Waals surface area contributed by atoms with Gasteiger partial charge in [0.2, 0.25) is 0 Å². The fourth-order valence-electron chi connectivity index (χ4n) is 2.06. The Morgan fingerprint density at radius 1 is 1.47 bits per heavy atom. The van der Waals surface area contributed by atoms with E-state index in [-0.39, 0.29) is 5.92 Å². The number of Topliss-reactive ketones (excluding diaryl/α,β-unsaturated/α-hetero) is 1. The van der Waals surface area contributed by atoms with Crippen molar-refractivity contribution in [2.24, 2.45) is 0 Å². The van der Waals surface area contributed by atoms with Crippen molar-refractivity contribution in [1.82, 2.24) is 0 Å². The van der Waals surface area contributed by atoms with Gasteiger partial charge in [-0.15, -0.1) is 0 Å². The number of ether oxygens (including phenoxy) is 1. The number of benzene rings is 1. The molecule has 1 aliphatic carbocycles. The first-order valence-corrected chi connectivity index (χ1v) is 5.46. The van der Waals surface area contributed by atoms with Gasteiger partial charge in [-0.2, -0.15) is 0 Å². The molecule has 1 unspecified atom stereocenters. The number of hydrogen-bond donors (Lipinski definition) is 0. The third-order valence-electron chi connectivity index (χ3n) is 2.88. The second kappa shape index (κ2) is 4.23. The van der Waals surface area contributed by atoms with E-state index in [2.05, 4.69) is 0 Å². The summed E-state index contributed by atoms with van der Waals surface area (Å²) in [6.45, 7) is 0. The highest BCUT2D eigenvalue weighted by Crippen LogP contribution is 2.36. The molecule has 0 saturated heterocycles. The molecule has 0 N–H and O–H groups in total. The lowest BCUT2D eigenvalue weighted by molar-refractivity contribution is -0.118. The van der Waals surface area contributed by atoms with Gasteiger partial charge < -0.3 is 4.74 Å². The van der Waals surface area contributed by atoms with Gasteiger partial charge in [-0.1, -0.05) is 11.6 Å². The Kier molecular flexibility index (Phi) is 2.96. The van der Waals surface area contributed by atoms with Crippen molar-refractivity contribution < 1.29 is 9.53 Å². The second-order valence-corrected chi connectivity index (χ2v) is 4.21. The third kappa shape index (κ3) is 2.00. The number of carbonyl (C=O) groups is 1. The van der Waals surface area contributed by atoms with E-state index >= 15 is 0 Å². The summed E-state index contributed by atoms with van der Waals surface area (Å²) in [5.41, 5.74) is 0.915. The van der Waals surface area contributed by atoms with Crippen LogP contribution in [-0.4, -0.2) is 12.9 Å². The van der Waals surface area contributed by atoms with Crippen LogP contribution in [0.5, 0.6) is 5.75 Å². The van der Waals surface area contributed by atoms with Crippen LogP contribution < -0.4 is 4.74 Å². The maximum atomic E-state index is 11.6. The predicted octanol–water partition coefficient (Wildman–Crippen LogP) is 3.19. The van der Waals surface area contributed by atoms with Crippen LogP contribution in [0.4, 0.5) is 0 Å². The Balaban J connectivity index is 2.37. The van der Waals surface area contributed by atoms with E-state index < -0.39 is 0 Å². The minimum absolute atomic E-state index is 0.0207. The molecule has 0 bridgehead atoms. The Hall–Kier alpha value is -1.02. The summed E-state index contributed by atoms with van der Waals surface area (Å²) in [5.74, 6) is 1.03. The summed E-state index contributed by atoms with van der Waals surface area (Å²) in [6, 6.07) is 5.48. The average molecular weight is 225 g/mol. The molecule has 80 valence electrons. The molecule has 2 nitrogen and oxygen atoms in total. The van der Waals surface area contributed by atoms with Crippen LogP contribution in [0.3, 0.4) is 0 Å². The smallest absolute Gasteiger partial charge is 0.140 e. The van der Waals surface area contributed by atoms with Crippen LogP contribution in [0.15, 0.2) is 18.2 Å². The largest absolute Gasteiger partial charge is 0.497 e. The van der Waals surface area contributed by atoms with E-state index in [9.17, 15) is 4.79 Å². The van der Waals surface area contributed by atoms with Crippen LogP contribution >= 0.6 is 11.6 Å². The molecule has 1 aromatic carbocycles. The monoisotopic (exact) mass is 224 g/mol. The zero-order valence-corrected chi connectivity index (χ0v) is 9.38. The van der Waals surface area contributed by atoms with Gasteiger partial charge in [0.1, 0.15) is 11.5 Å². The summed E-state index contributed by atoms with van der Waals surface area (Å²) >= 11 is 6.09. The molecule has 1 fully saturated rings. The van der Waals surface area contributed by atoms with E-state index in [1.807, 2.05) is 12.1 Å². The predicted molar refractivity (Wildman–Crippen MR) is 59.6 cm³/mol. The van der Waals surface area contributed by atoms with Crippen molar-refractivity contribution in [2.45, 2.75) is 25.2 Å². The van der Waals surface area contributed by atoms with E-state index in [0.717, 1.165) is 24.2 Å². The molecule has 1 aromatic rings. The molecule has 3 heteroatoms. The number of carbonyl (C=O) groups excluding carboxylic acids is 1. The number of rotatable bonds is 2. The van der Waals surface area contributed by atoms with Gasteiger partial charge in [0.15, 0.2) is 0 Å². The zero-order valence-electron chi connectivity index (χ0n) is 8.63. The van der Waals surface area contributed by atoms with Gasteiger partial charge in [-0.3, -0.25) is 4.79 Å². The third-order valence-corrected chi connectivity index (χ3v) is 3.23. The lowest BCUT2D eigenvalue weighted by Gasteiger charge is -2.11. The van der Waals surface area contributed by atoms with E-state index in [4.69, 9.17) is 16.3 Å². The molecule has 0 radical (unpaired) electrons. The fourth-order valence-corrected chi connectivity index (χ4v) is 2.31. The van der Waals surface area contributed by atoms with Crippen LogP contribution in [0.2, 0.25) is 5.02 Å². The Morgan fingerprint density at radius 2 is 2.27 bits per heavy atom. The lowest BCUT2D eigenvalue weighted by Crippen LogP contribution is -2.05. The Labute approximate surface area is 94.2 Å². The normalized spacial score (nSPS) is 20.7. The molecule has 2 rings (SSSR count). The first-order valence-electron chi connectivity index (χ1n) is 5.08. The maximum Gasteiger partial charge on any atom is 0.140 e. The summed E-state index contributed by atoms with van der Waals surface area (Å²) < 4.78 is 5.13. The molecule has 1 aliphatic rings. The molecule has 0 aromatic heterocycles. The van der Waals surface area contributed by atoms with Crippen LogP contribution in [0.1, 0.15) is 30.7 Å². The highest BCUT2D eigenvalue weighted by Gasteiger charge is 2.27. The van der Waals surface area contributed by atoms with Gasteiger partial charge in [0, 0.05) is 17.4 Å². The second-order valence-electron chi connectivity index (χ2n) is 3.80. The Morgan fingerprint density at radius 3 is 2.87 bits per heavy atom.